The zero-order valence-electron chi connectivity index (χ0n) is 12.3. The summed E-state index contributed by atoms with van der Waals surface area (Å²) in [7, 11) is 3.12. The molecule has 0 atom stereocenters. The highest BCUT2D eigenvalue weighted by molar-refractivity contribution is 5.84. The van der Waals surface area contributed by atoms with Crippen LogP contribution in [0.2, 0.25) is 0 Å². The molecular formula is C16H19NO4. The third kappa shape index (κ3) is 6.00. The monoisotopic (exact) mass is 289 g/mol. The highest BCUT2D eigenvalue weighted by Crippen LogP contribution is 2.23. The SMILES string of the molecule is C#CCCCCC(=O)O/N=C\c1ccc(OC)cc1OC. The van der Waals surface area contributed by atoms with Crippen molar-refractivity contribution >= 4 is 12.2 Å². The molecule has 0 radical (unpaired) electrons. The Bertz CT molecular complexity index is 532. The van der Waals surface area contributed by atoms with Crippen LogP contribution in [0.1, 0.15) is 31.2 Å². The Morgan fingerprint density at radius 1 is 1.33 bits per heavy atom. The second-order valence-electron chi connectivity index (χ2n) is 4.22. The molecular weight excluding hydrogens is 270 g/mol. The molecule has 0 spiro atoms. The summed E-state index contributed by atoms with van der Waals surface area (Å²) in [4.78, 5) is 16.2. The molecule has 0 saturated carbocycles. The largest absolute Gasteiger partial charge is 0.497 e. The Kier molecular flexibility index (Phi) is 7.44. The lowest BCUT2D eigenvalue weighted by molar-refractivity contribution is -0.143. The van der Waals surface area contributed by atoms with Crippen LogP contribution in [0.15, 0.2) is 23.4 Å². The lowest BCUT2D eigenvalue weighted by atomic mass is 10.2. The number of carbonyl (C=O) groups is 1. The lowest BCUT2D eigenvalue weighted by Crippen LogP contribution is -2.00. The zero-order valence-corrected chi connectivity index (χ0v) is 12.3. The zero-order chi connectivity index (χ0) is 15.5. The van der Waals surface area contributed by atoms with Gasteiger partial charge >= 0.3 is 5.97 Å². The van der Waals surface area contributed by atoms with Crippen molar-refractivity contribution in [1.82, 2.24) is 0 Å². The Balaban J connectivity index is 2.49. The van der Waals surface area contributed by atoms with Gasteiger partial charge in [0.25, 0.3) is 0 Å². The van der Waals surface area contributed by atoms with E-state index in [0.29, 0.717) is 36.3 Å². The molecule has 0 bridgehead atoms. The second kappa shape index (κ2) is 9.43. The Hall–Kier alpha value is -2.48. The predicted octanol–water partition coefficient (Wildman–Crippen LogP) is 2.77. The number of nitrogens with zero attached hydrogens (tertiary/aromatic N) is 1. The van der Waals surface area contributed by atoms with Crippen LogP contribution < -0.4 is 9.47 Å². The van der Waals surface area contributed by atoms with Gasteiger partial charge in [-0.25, -0.2) is 4.79 Å². The van der Waals surface area contributed by atoms with Crippen LogP contribution in [-0.4, -0.2) is 26.4 Å². The summed E-state index contributed by atoms with van der Waals surface area (Å²) in [5.74, 6) is 3.41. The molecule has 0 amide bonds. The Morgan fingerprint density at radius 3 is 2.81 bits per heavy atom. The molecule has 0 aromatic heterocycles. The van der Waals surface area contributed by atoms with E-state index in [0.717, 1.165) is 6.42 Å². The summed E-state index contributed by atoms with van der Waals surface area (Å²) >= 11 is 0. The molecule has 112 valence electrons. The van der Waals surface area contributed by atoms with Gasteiger partial charge in [-0.05, 0) is 25.0 Å². The molecule has 1 aromatic carbocycles. The fourth-order valence-electron chi connectivity index (χ4n) is 1.61. The first-order valence-corrected chi connectivity index (χ1v) is 6.60. The summed E-state index contributed by atoms with van der Waals surface area (Å²) in [6, 6.07) is 5.26. The van der Waals surface area contributed by atoms with E-state index in [1.54, 1.807) is 32.4 Å². The van der Waals surface area contributed by atoms with E-state index >= 15 is 0 Å². The number of ether oxygens (including phenoxy) is 2. The smallest absolute Gasteiger partial charge is 0.335 e. The number of hydrogen-bond acceptors (Lipinski definition) is 5. The molecule has 0 saturated heterocycles. The highest BCUT2D eigenvalue weighted by Gasteiger charge is 2.04. The summed E-state index contributed by atoms with van der Waals surface area (Å²) in [5.41, 5.74) is 0.693. The first-order valence-electron chi connectivity index (χ1n) is 6.60. The van der Waals surface area contributed by atoms with Crippen molar-refractivity contribution in [1.29, 1.82) is 0 Å². The minimum atomic E-state index is -0.379. The van der Waals surface area contributed by atoms with E-state index in [1.807, 2.05) is 0 Å². The van der Waals surface area contributed by atoms with Gasteiger partial charge in [-0.2, -0.15) is 0 Å². The summed E-state index contributed by atoms with van der Waals surface area (Å²) in [6.07, 6.45) is 9.03. The molecule has 0 fully saturated rings. The molecule has 0 unspecified atom stereocenters. The topological polar surface area (TPSA) is 57.1 Å². The third-order valence-corrected chi connectivity index (χ3v) is 2.74. The number of oxime groups is 1. The number of rotatable bonds is 8. The van der Waals surface area contributed by atoms with Crippen molar-refractivity contribution in [2.24, 2.45) is 5.16 Å². The Morgan fingerprint density at radius 2 is 2.14 bits per heavy atom. The predicted molar refractivity (Wildman–Crippen MR) is 80.5 cm³/mol. The van der Waals surface area contributed by atoms with E-state index in [1.165, 1.54) is 6.21 Å². The van der Waals surface area contributed by atoms with Gasteiger partial charge in [0.1, 0.15) is 11.5 Å². The van der Waals surface area contributed by atoms with Gasteiger partial charge in [-0.1, -0.05) is 5.16 Å². The van der Waals surface area contributed by atoms with Gasteiger partial charge in [0.05, 0.1) is 20.4 Å². The first-order chi connectivity index (χ1) is 10.2. The van der Waals surface area contributed by atoms with Crippen LogP contribution in [0.4, 0.5) is 0 Å². The normalized spacial score (nSPS) is 10.1. The number of methoxy groups -OCH3 is 2. The van der Waals surface area contributed by atoms with E-state index in [4.69, 9.17) is 20.7 Å². The molecule has 0 N–H and O–H groups in total. The van der Waals surface area contributed by atoms with Crippen molar-refractivity contribution in [2.75, 3.05) is 14.2 Å². The molecule has 21 heavy (non-hydrogen) atoms. The van der Waals surface area contributed by atoms with Gasteiger partial charge < -0.3 is 14.3 Å². The van der Waals surface area contributed by atoms with Crippen LogP contribution in [0.5, 0.6) is 11.5 Å². The summed E-state index contributed by atoms with van der Waals surface area (Å²) < 4.78 is 10.3. The van der Waals surface area contributed by atoms with Crippen molar-refractivity contribution in [3.8, 4) is 23.8 Å². The third-order valence-electron chi connectivity index (χ3n) is 2.74. The minimum Gasteiger partial charge on any atom is -0.497 e. The van der Waals surface area contributed by atoms with E-state index in [-0.39, 0.29) is 5.97 Å². The molecule has 1 rings (SSSR count). The standard InChI is InChI=1S/C16H19NO4/c1-4-5-6-7-8-16(18)21-17-12-13-9-10-14(19-2)11-15(13)20-3/h1,9-12H,5-8H2,2-3H3/b17-12-. The van der Waals surface area contributed by atoms with E-state index in [9.17, 15) is 4.79 Å². The van der Waals surface area contributed by atoms with Crippen molar-refractivity contribution in [3.05, 3.63) is 23.8 Å². The summed E-state index contributed by atoms with van der Waals surface area (Å²) in [5, 5.41) is 3.67. The molecule has 0 aliphatic heterocycles. The lowest BCUT2D eigenvalue weighted by Gasteiger charge is -2.06. The van der Waals surface area contributed by atoms with Gasteiger partial charge in [0.2, 0.25) is 0 Å². The maximum atomic E-state index is 11.4. The minimum absolute atomic E-state index is 0.304. The van der Waals surface area contributed by atoms with Gasteiger partial charge in [0.15, 0.2) is 0 Å². The van der Waals surface area contributed by atoms with Crippen LogP contribution in [0, 0.1) is 12.3 Å². The van der Waals surface area contributed by atoms with Crippen LogP contribution in [-0.2, 0) is 9.63 Å². The maximum Gasteiger partial charge on any atom is 0.335 e. The van der Waals surface area contributed by atoms with Gasteiger partial charge in [0, 0.05) is 24.5 Å². The molecule has 1 aromatic rings. The van der Waals surface area contributed by atoms with Crippen LogP contribution in [0.25, 0.3) is 0 Å². The highest BCUT2D eigenvalue weighted by atomic mass is 16.7. The van der Waals surface area contributed by atoms with Crippen molar-refractivity contribution < 1.29 is 19.1 Å². The average Bonchev–Trinajstić information content (AvgIpc) is 2.51. The van der Waals surface area contributed by atoms with E-state index < -0.39 is 0 Å². The number of unbranched alkanes of at least 4 members (excludes halogenated alkanes) is 2. The second-order valence-corrected chi connectivity index (χ2v) is 4.22. The maximum absolute atomic E-state index is 11.4. The quantitative estimate of drug-likeness (QED) is 0.243. The van der Waals surface area contributed by atoms with E-state index in [2.05, 4.69) is 11.1 Å². The Labute approximate surface area is 124 Å². The molecule has 5 heteroatoms. The number of carbonyl (C=O) groups excluding carboxylic acids is 1. The van der Waals surface area contributed by atoms with Crippen LogP contribution in [0.3, 0.4) is 0 Å². The average molecular weight is 289 g/mol. The number of benzene rings is 1. The van der Waals surface area contributed by atoms with Crippen LogP contribution >= 0.6 is 0 Å². The molecule has 0 aliphatic rings. The van der Waals surface area contributed by atoms with Gasteiger partial charge in [-0.3, -0.25) is 0 Å². The van der Waals surface area contributed by atoms with Crippen molar-refractivity contribution in [2.45, 2.75) is 25.7 Å². The fourth-order valence-corrected chi connectivity index (χ4v) is 1.61. The number of hydrogen-bond donors (Lipinski definition) is 0. The molecule has 5 nitrogen and oxygen atoms in total. The number of terminal acetylenes is 1. The summed E-state index contributed by atoms with van der Waals surface area (Å²) in [6.45, 7) is 0. The van der Waals surface area contributed by atoms with Crippen molar-refractivity contribution in [3.63, 3.8) is 0 Å². The fraction of sp³-hybridized carbons (Fsp3) is 0.375. The first kappa shape index (κ1) is 16.6. The molecule has 0 heterocycles. The molecule has 0 aliphatic carbocycles. The van der Waals surface area contributed by atoms with Gasteiger partial charge in [-0.15, -0.1) is 12.3 Å².